The van der Waals surface area contributed by atoms with Gasteiger partial charge in [-0.1, -0.05) is 278 Å². The highest BCUT2D eigenvalue weighted by Crippen LogP contribution is 2.66. The van der Waals surface area contributed by atoms with Crippen molar-refractivity contribution < 1.29 is 0 Å². The summed E-state index contributed by atoms with van der Waals surface area (Å²) in [6.45, 7) is 0. The minimum atomic E-state index is -0.405. The third-order valence-electron chi connectivity index (χ3n) is 23.9. The molecule has 524 valence electrons. The van der Waals surface area contributed by atoms with Crippen LogP contribution in [0.2, 0.25) is 0 Å². The van der Waals surface area contributed by atoms with Crippen LogP contribution >= 0.6 is 68.9 Å². The van der Waals surface area contributed by atoms with Crippen molar-refractivity contribution in [3.63, 3.8) is 0 Å². The molecule has 0 N–H and O–H groups in total. The Hall–Kier alpha value is -12.1. The lowest BCUT2D eigenvalue weighted by Crippen LogP contribution is -2.31. The number of fused-ring (bicyclic) bond motifs is 30. The maximum absolute atomic E-state index is 2.55. The summed E-state index contributed by atoms with van der Waals surface area (Å²) in [5, 5.41) is 10.4. The van der Waals surface area contributed by atoms with E-state index in [0.717, 1.165) is 17.1 Å². The fraction of sp³-hybridized carbons (Fsp3) is 0.0192. The van der Waals surface area contributed by atoms with Gasteiger partial charge in [-0.15, -0.1) is 45.3 Å². The third-order valence-corrected chi connectivity index (χ3v) is 30.7. The fourth-order valence-corrected chi connectivity index (χ4v) is 26.4. The number of rotatable bonds is 7. The average Bonchev–Trinajstić information content (AvgIpc) is 1.52. The van der Waals surface area contributed by atoms with Crippen molar-refractivity contribution in [1.82, 2.24) is 0 Å². The van der Waals surface area contributed by atoms with Gasteiger partial charge in [0.15, 0.2) is 0 Å². The zero-order valence-corrected chi connectivity index (χ0v) is 65.0. The van der Waals surface area contributed by atoms with E-state index in [1.54, 1.807) is 0 Å². The van der Waals surface area contributed by atoms with Gasteiger partial charge >= 0.3 is 0 Å². The lowest BCUT2D eigenvalue weighted by atomic mass is 9.67. The molecule has 0 saturated carbocycles. The first-order valence-corrected chi connectivity index (χ1v) is 43.0. The van der Waals surface area contributed by atoms with Crippen LogP contribution in [0, 0.1) is 0 Å². The van der Waals surface area contributed by atoms with E-state index >= 15 is 0 Å². The van der Waals surface area contributed by atoms with Crippen LogP contribution in [-0.4, -0.2) is 0 Å². The van der Waals surface area contributed by atoms with Crippen LogP contribution in [0.15, 0.2) is 396 Å². The molecular weight excluding hydrogens is 1470 g/mol. The Morgan fingerprint density at radius 2 is 0.571 bits per heavy atom. The van der Waals surface area contributed by atoms with E-state index in [0.29, 0.717) is 0 Å². The molecule has 25 rings (SSSR count). The fourth-order valence-electron chi connectivity index (χ4n) is 19.4. The van der Waals surface area contributed by atoms with Crippen molar-refractivity contribution in [3.05, 3.63) is 421 Å². The summed E-state index contributed by atoms with van der Waals surface area (Å²) < 4.78 is 10.4. The molecule has 2 spiro atoms. The minimum Gasteiger partial charge on any atom is -0.309 e. The maximum atomic E-state index is 2.55. The van der Waals surface area contributed by atoms with Gasteiger partial charge in [0.05, 0.1) is 38.3 Å². The smallest absolute Gasteiger partial charge is 0.0735 e. The number of hydrogen-bond acceptors (Lipinski definition) is 8. The Kier molecular flexibility index (Phi) is 14.6. The standard InChI is InChI=1S/C55H33NS3.C49H29NS3/c1-2-15-34(16-3-1)36-17-5-10-23-46(36)56(35-29-30-39-38-19-6-11-25-48(38)57-52(39)31-35)47-24-14-28-51-54(47)41-32-40-37-18-4-7-20-42(37)55(45(40)33-53(41)59-51)43-21-8-12-26-49(43)58-50-27-13-9-22-44(50)55;1-2-14-30(15-3-1)50(41-23-12-18-33-32-17-5-9-24-42(32)53-48(33)41)40-22-13-27-45-47(40)35-28-34-31-16-4-6-19-36(31)49(39(34)29-46(35)52-45)37-20-7-10-25-43(37)51-44-26-11-8-21-38(44)49/h1-33H;1-29H. The molecule has 0 unspecified atom stereocenters. The van der Waals surface area contributed by atoms with Crippen molar-refractivity contribution in [2.45, 2.75) is 30.4 Å². The number of anilines is 6. The summed E-state index contributed by atoms with van der Waals surface area (Å²) in [7, 11) is 0. The topological polar surface area (TPSA) is 6.48 Å². The first kappa shape index (κ1) is 64.7. The van der Waals surface area contributed by atoms with E-state index < -0.39 is 5.41 Å². The molecule has 21 aromatic rings. The SMILES string of the molecule is c1ccc(-c2ccccc2N(c2ccc3c(c2)sc2ccccc23)c2cccc3sc4cc5c(cc4c23)-c2ccccc2C52c3ccccc3Sc3ccccc32)cc1.c1ccc(N(c2cccc3c2sc2ccccc23)c2cccc3sc4cc5c(cc4c23)-c2ccccc2C52c3ccccc3Sc3ccccc32)cc1. The van der Waals surface area contributed by atoms with Crippen LogP contribution < -0.4 is 9.80 Å². The van der Waals surface area contributed by atoms with Gasteiger partial charge in [0.25, 0.3) is 0 Å². The quantitative estimate of drug-likeness (QED) is 0.157. The van der Waals surface area contributed by atoms with Crippen molar-refractivity contribution >= 4 is 184 Å². The Balaban J connectivity index is 0.000000131. The Morgan fingerprint density at radius 1 is 0.196 bits per heavy atom. The number of benzene rings is 17. The second kappa shape index (κ2) is 25.2. The molecule has 0 amide bonds. The highest BCUT2D eigenvalue weighted by atomic mass is 32.2. The van der Waals surface area contributed by atoms with Gasteiger partial charge in [0.1, 0.15) is 0 Å². The molecule has 2 aliphatic carbocycles. The Morgan fingerprint density at radius 3 is 1.12 bits per heavy atom. The number of para-hydroxylation sites is 2. The summed E-state index contributed by atoms with van der Waals surface area (Å²) in [5.74, 6) is 0. The van der Waals surface area contributed by atoms with E-state index in [9.17, 15) is 0 Å². The molecule has 6 heterocycles. The highest BCUT2D eigenvalue weighted by Gasteiger charge is 2.52. The zero-order valence-electron chi connectivity index (χ0n) is 60.1. The molecule has 2 nitrogen and oxygen atoms in total. The number of nitrogens with zero attached hydrogens (tertiary/aromatic N) is 2. The van der Waals surface area contributed by atoms with Crippen LogP contribution in [0.4, 0.5) is 34.1 Å². The van der Waals surface area contributed by atoms with Crippen LogP contribution in [0.25, 0.3) is 114 Å². The molecule has 0 radical (unpaired) electrons. The van der Waals surface area contributed by atoms with Crippen LogP contribution in [0.3, 0.4) is 0 Å². The van der Waals surface area contributed by atoms with Crippen LogP contribution in [0.1, 0.15) is 44.5 Å². The molecule has 0 atom stereocenters. The summed E-state index contributed by atoms with van der Waals surface area (Å²) >= 11 is 11.4. The lowest BCUT2D eigenvalue weighted by molar-refractivity contribution is 0.723. The van der Waals surface area contributed by atoms with Gasteiger partial charge in [0, 0.05) is 113 Å². The third kappa shape index (κ3) is 9.33. The monoisotopic (exact) mass is 1530 g/mol. The lowest BCUT2D eigenvalue weighted by Gasteiger charge is -2.39. The van der Waals surface area contributed by atoms with Crippen LogP contribution in [-0.2, 0) is 10.8 Å². The Bertz CT molecular complexity index is 7410. The molecule has 112 heavy (non-hydrogen) atoms. The second-order valence-corrected chi connectivity index (χ2v) is 36.0. The van der Waals surface area contributed by atoms with Crippen molar-refractivity contribution in [2.75, 3.05) is 9.80 Å². The van der Waals surface area contributed by atoms with Crippen molar-refractivity contribution in [1.29, 1.82) is 0 Å². The summed E-state index contributed by atoms with van der Waals surface area (Å²) in [6.07, 6.45) is 0. The molecule has 4 aliphatic rings. The highest BCUT2D eigenvalue weighted by molar-refractivity contribution is 7.99. The molecule has 0 bridgehead atoms. The number of thiophene rings is 4. The van der Waals surface area contributed by atoms with E-state index in [1.165, 1.54) is 195 Å². The van der Waals surface area contributed by atoms with E-state index in [1.807, 2.05) is 68.9 Å². The van der Waals surface area contributed by atoms with Gasteiger partial charge in [-0.25, -0.2) is 0 Å². The minimum absolute atomic E-state index is 0.384. The van der Waals surface area contributed by atoms with Crippen molar-refractivity contribution in [3.8, 4) is 33.4 Å². The first-order chi connectivity index (χ1) is 55.5. The summed E-state index contributed by atoms with van der Waals surface area (Å²) in [4.78, 5) is 10.4. The van der Waals surface area contributed by atoms with Gasteiger partial charge in [-0.3, -0.25) is 0 Å². The molecule has 0 fully saturated rings. The average molecular weight is 1530 g/mol. The van der Waals surface area contributed by atoms with Crippen LogP contribution in [0.5, 0.6) is 0 Å². The largest absolute Gasteiger partial charge is 0.309 e. The van der Waals surface area contributed by atoms with Crippen molar-refractivity contribution in [2.24, 2.45) is 0 Å². The normalized spacial score (nSPS) is 13.6. The van der Waals surface area contributed by atoms with Gasteiger partial charge in [-0.05, 0) is 194 Å². The summed E-state index contributed by atoms with van der Waals surface area (Å²) in [5.41, 5.74) is 25.0. The summed E-state index contributed by atoms with van der Waals surface area (Å²) in [6, 6.07) is 141. The van der Waals surface area contributed by atoms with Gasteiger partial charge in [-0.2, -0.15) is 0 Å². The number of hydrogen-bond donors (Lipinski definition) is 0. The molecule has 17 aromatic carbocycles. The van der Waals surface area contributed by atoms with Gasteiger partial charge < -0.3 is 9.80 Å². The van der Waals surface area contributed by atoms with E-state index in [4.69, 9.17) is 0 Å². The Labute approximate surface area is 672 Å². The predicted octanol–water partition coefficient (Wildman–Crippen LogP) is 31.1. The molecule has 4 aromatic heterocycles. The molecule has 8 heteroatoms. The van der Waals surface area contributed by atoms with E-state index in [2.05, 4.69) is 386 Å². The first-order valence-electron chi connectivity index (χ1n) is 38.1. The second-order valence-electron chi connectivity index (χ2n) is 29.5. The van der Waals surface area contributed by atoms with E-state index in [-0.39, 0.29) is 5.41 Å². The maximum Gasteiger partial charge on any atom is 0.0735 e. The molecule has 0 saturated heterocycles. The predicted molar refractivity (Wildman–Crippen MR) is 482 cm³/mol. The molecule has 2 aliphatic heterocycles. The van der Waals surface area contributed by atoms with Gasteiger partial charge in [0.2, 0.25) is 0 Å². The zero-order chi connectivity index (χ0) is 73.3. The molecular formula is C104H62N2S6.